The number of fused-ring (bicyclic) bond motifs is 3. The van der Waals surface area contributed by atoms with E-state index in [-0.39, 0.29) is 5.38 Å². The van der Waals surface area contributed by atoms with Gasteiger partial charge in [-0.1, -0.05) is 24.3 Å². The summed E-state index contributed by atoms with van der Waals surface area (Å²) in [4.78, 5) is 0. The van der Waals surface area contributed by atoms with E-state index in [1.54, 1.807) is 16.9 Å². The van der Waals surface area contributed by atoms with Gasteiger partial charge < -0.3 is 0 Å². The molecule has 2 aliphatic rings. The zero-order valence-electron chi connectivity index (χ0n) is 10.7. The van der Waals surface area contributed by atoms with E-state index in [2.05, 4.69) is 62.2 Å². The quantitative estimate of drug-likeness (QED) is 0.473. The lowest BCUT2D eigenvalue weighted by molar-refractivity contribution is 0.622. The van der Waals surface area contributed by atoms with Crippen LogP contribution < -0.4 is 0 Å². The Morgan fingerprint density at radius 2 is 2.05 bits per heavy atom. The third kappa shape index (κ3) is 2.13. The van der Waals surface area contributed by atoms with Crippen molar-refractivity contribution in [1.29, 1.82) is 0 Å². The third-order valence-electron chi connectivity index (χ3n) is 4.71. The summed E-state index contributed by atoms with van der Waals surface area (Å²) in [5.41, 5.74) is 4.33. The van der Waals surface area contributed by atoms with Gasteiger partial charge in [0.25, 0.3) is 0 Å². The van der Waals surface area contributed by atoms with E-state index in [1.807, 2.05) is 0 Å². The van der Waals surface area contributed by atoms with Crippen LogP contribution in [-0.2, 0) is 6.42 Å². The fourth-order valence-corrected chi connectivity index (χ4v) is 7.41. The number of hydrogen-bond acceptors (Lipinski definition) is 1. The van der Waals surface area contributed by atoms with Gasteiger partial charge in [-0.25, -0.2) is 0 Å². The first-order chi connectivity index (χ1) is 9.66. The summed E-state index contributed by atoms with van der Waals surface area (Å²) in [5, 5.41) is 0.119. The van der Waals surface area contributed by atoms with Gasteiger partial charge in [0.05, 0.1) is 12.9 Å². The molecule has 4 unspecified atom stereocenters. The van der Waals surface area contributed by atoms with E-state index < -0.39 is 0 Å². The molecule has 0 radical (unpaired) electrons. The van der Waals surface area contributed by atoms with Gasteiger partial charge in [0.2, 0.25) is 0 Å². The Morgan fingerprint density at radius 3 is 2.80 bits per heavy atom. The molecule has 1 aromatic carbocycles. The third-order valence-corrected chi connectivity index (χ3v) is 7.62. The van der Waals surface area contributed by atoms with Crippen molar-refractivity contribution in [1.82, 2.24) is 0 Å². The molecule has 20 heavy (non-hydrogen) atoms. The molecule has 0 saturated heterocycles. The van der Waals surface area contributed by atoms with Crippen LogP contribution >= 0.6 is 54.8 Å². The molecule has 0 nitrogen and oxygen atoms in total. The maximum absolute atomic E-state index is 6.82. The SMILES string of the molecule is ClC(c1cc(Br)sc1Br)C1C2CCc3ccccc3C21. The van der Waals surface area contributed by atoms with E-state index >= 15 is 0 Å². The number of benzene rings is 1. The molecule has 1 aromatic heterocycles. The minimum absolute atomic E-state index is 0.119. The maximum Gasteiger partial charge on any atom is 0.0757 e. The lowest BCUT2D eigenvalue weighted by atomic mass is 9.92. The molecule has 4 heteroatoms. The summed E-state index contributed by atoms with van der Waals surface area (Å²) in [5.74, 6) is 2.05. The highest BCUT2D eigenvalue weighted by Gasteiger charge is 2.56. The highest BCUT2D eigenvalue weighted by atomic mass is 79.9. The summed E-state index contributed by atoms with van der Waals surface area (Å²) in [6.07, 6.45) is 2.50. The van der Waals surface area contributed by atoms with Crippen molar-refractivity contribution < 1.29 is 0 Å². The Balaban J connectivity index is 1.65. The second-order valence-corrected chi connectivity index (χ2v) is 9.91. The summed E-state index contributed by atoms with van der Waals surface area (Å²) in [6.45, 7) is 0. The fourth-order valence-electron chi connectivity index (χ4n) is 3.77. The number of alkyl halides is 1. The summed E-state index contributed by atoms with van der Waals surface area (Å²) < 4.78 is 2.32. The Morgan fingerprint density at radius 1 is 1.25 bits per heavy atom. The van der Waals surface area contributed by atoms with Crippen molar-refractivity contribution in [3.63, 3.8) is 0 Å². The molecule has 4 atom stereocenters. The van der Waals surface area contributed by atoms with E-state index in [4.69, 9.17) is 11.6 Å². The zero-order valence-corrected chi connectivity index (χ0v) is 15.4. The lowest BCUT2D eigenvalue weighted by Gasteiger charge is -2.13. The highest BCUT2D eigenvalue weighted by Crippen LogP contribution is 2.66. The maximum atomic E-state index is 6.82. The van der Waals surface area contributed by atoms with Gasteiger partial charge in [-0.2, -0.15) is 0 Å². The van der Waals surface area contributed by atoms with Crippen LogP contribution in [0.1, 0.15) is 34.4 Å². The molecule has 104 valence electrons. The smallest absolute Gasteiger partial charge is 0.0757 e. The van der Waals surface area contributed by atoms with Crippen LogP contribution in [0.3, 0.4) is 0 Å². The standard InChI is InChI=1S/C16H13Br2ClS/c17-12-7-11(16(18)20-12)15(19)14-10-6-5-8-3-1-2-4-9(8)13(10)14/h1-4,7,10,13-15H,5-6H2. The predicted molar refractivity (Wildman–Crippen MR) is 92.8 cm³/mol. The Kier molecular flexibility index (Phi) is 3.53. The molecule has 0 spiro atoms. The summed E-state index contributed by atoms with van der Waals surface area (Å²) in [7, 11) is 0. The molecule has 0 N–H and O–H groups in total. The van der Waals surface area contributed by atoms with Crippen molar-refractivity contribution in [2.45, 2.75) is 24.1 Å². The van der Waals surface area contributed by atoms with Crippen LogP contribution in [0.2, 0.25) is 0 Å². The van der Waals surface area contributed by atoms with Crippen LogP contribution in [0, 0.1) is 11.8 Å². The van der Waals surface area contributed by atoms with E-state index in [1.165, 1.54) is 27.8 Å². The van der Waals surface area contributed by atoms with Crippen molar-refractivity contribution in [2.24, 2.45) is 11.8 Å². The first kappa shape index (κ1) is 13.8. The van der Waals surface area contributed by atoms with Gasteiger partial charge in [0, 0.05) is 0 Å². The summed E-state index contributed by atoms with van der Waals surface area (Å²) in [6, 6.07) is 11.1. The van der Waals surface area contributed by atoms with Gasteiger partial charge in [0.1, 0.15) is 0 Å². The number of thiophene rings is 1. The van der Waals surface area contributed by atoms with Gasteiger partial charge in [0.15, 0.2) is 0 Å². The topological polar surface area (TPSA) is 0 Å². The normalized spacial score (nSPS) is 28.6. The van der Waals surface area contributed by atoms with Gasteiger partial charge in [-0.3, -0.25) is 0 Å². The van der Waals surface area contributed by atoms with Gasteiger partial charge in [-0.15, -0.1) is 22.9 Å². The molecule has 1 saturated carbocycles. The van der Waals surface area contributed by atoms with Crippen molar-refractivity contribution >= 4 is 54.8 Å². The molecule has 2 aliphatic carbocycles. The minimum atomic E-state index is 0.119. The summed E-state index contributed by atoms with van der Waals surface area (Å²) >= 11 is 15.7. The zero-order chi connectivity index (χ0) is 13.9. The average molecular weight is 433 g/mol. The Hall–Kier alpha value is 0.170. The Bertz CT molecular complexity index is 666. The second-order valence-electron chi connectivity index (χ2n) is 5.69. The molecule has 4 rings (SSSR count). The number of aryl methyl sites for hydroxylation is 1. The van der Waals surface area contributed by atoms with E-state index in [0.717, 1.165) is 9.70 Å². The number of hydrogen-bond donors (Lipinski definition) is 0. The van der Waals surface area contributed by atoms with Crippen molar-refractivity contribution in [3.8, 4) is 0 Å². The van der Waals surface area contributed by atoms with Crippen molar-refractivity contribution in [2.75, 3.05) is 0 Å². The van der Waals surface area contributed by atoms with Crippen LogP contribution in [0.4, 0.5) is 0 Å². The first-order valence-electron chi connectivity index (χ1n) is 6.83. The Labute approximate surface area is 144 Å². The van der Waals surface area contributed by atoms with Crippen LogP contribution in [0.15, 0.2) is 37.9 Å². The van der Waals surface area contributed by atoms with Crippen LogP contribution in [0.5, 0.6) is 0 Å². The molecule has 1 heterocycles. The average Bonchev–Trinajstić information content (AvgIpc) is 3.09. The van der Waals surface area contributed by atoms with Crippen LogP contribution in [-0.4, -0.2) is 0 Å². The van der Waals surface area contributed by atoms with E-state index in [0.29, 0.717) is 11.8 Å². The molecule has 1 fully saturated rings. The van der Waals surface area contributed by atoms with Crippen LogP contribution in [0.25, 0.3) is 0 Å². The van der Waals surface area contributed by atoms with Crippen molar-refractivity contribution in [3.05, 3.63) is 54.6 Å². The second kappa shape index (κ2) is 5.12. The largest absolute Gasteiger partial charge is 0.121 e. The first-order valence-corrected chi connectivity index (χ1v) is 9.67. The van der Waals surface area contributed by atoms with Gasteiger partial charge >= 0.3 is 0 Å². The fraction of sp³-hybridized carbons (Fsp3) is 0.375. The minimum Gasteiger partial charge on any atom is -0.121 e. The molecule has 0 amide bonds. The molecule has 0 aliphatic heterocycles. The van der Waals surface area contributed by atoms with Gasteiger partial charge in [-0.05, 0) is 85.2 Å². The molecular formula is C16H13Br2ClS. The number of halogens is 3. The predicted octanol–water partition coefficient (Wildman–Crippen LogP) is 6.53. The molecule has 2 aromatic rings. The number of rotatable bonds is 2. The lowest BCUT2D eigenvalue weighted by Crippen LogP contribution is -2.00. The molecular weight excluding hydrogens is 420 g/mol. The monoisotopic (exact) mass is 430 g/mol. The van der Waals surface area contributed by atoms with E-state index in [9.17, 15) is 0 Å². The molecule has 0 bridgehead atoms. The highest BCUT2D eigenvalue weighted by molar-refractivity contribution is 9.12.